The summed E-state index contributed by atoms with van der Waals surface area (Å²) >= 11 is 3.11. The number of aromatic nitrogens is 1. The zero-order valence-corrected chi connectivity index (χ0v) is 14.5. The molecule has 6 nitrogen and oxygen atoms in total. The lowest BCUT2D eigenvalue weighted by Crippen LogP contribution is -2.27. The van der Waals surface area contributed by atoms with Crippen LogP contribution in [0.4, 0.5) is 20.2 Å². The van der Waals surface area contributed by atoms with Gasteiger partial charge in [-0.1, -0.05) is 15.9 Å². The normalized spacial score (nSPS) is 13.6. The van der Waals surface area contributed by atoms with Crippen molar-refractivity contribution in [3.05, 3.63) is 56.4 Å². The smallest absolute Gasteiger partial charge is 0.286 e. The largest absolute Gasteiger partial charge is 0.350 e. The lowest BCUT2D eigenvalue weighted by Gasteiger charge is -2.13. The highest BCUT2D eigenvalue weighted by Gasteiger charge is 2.23. The Bertz CT molecular complexity index is 868. The minimum atomic E-state index is -1.22. The second kappa shape index (κ2) is 7.32. The summed E-state index contributed by atoms with van der Waals surface area (Å²) < 4.78 is 28.7. The molecule has 1 aromatic heterocycles. The highest BCUT2D eigenvalue weighted by atomic mass is 79.9. The van der Waals surface area contributed by atoms with E-state index in [1.807, 2.05) is 0 Å². The van der Waals surface area contributed by atoms with Crippen LogP contribution in [0.1, 0.15) is 23.2 Å². The van der Waals surface area contributed by atoms with E-state index in [2.05, 4.69) is 31.7 Å². The maximum absolute atomic E-state index is 14.2. The van der Waals surface area contributed by atoms with E-state index in [0.717, 1.165) is 19.0 Å². The van der Waals surface area contributed by atoms with Crippen molar-refractivity contribution in [3.63, 3.8) is 0 Å². The molecule has 3 rings (SSSR count). The fourth-order valence-electron chi connectivity index (χ4n) is 2.10. The van der Waals surface area contributed by atoms with E-state index in [9.17, 15) is 18.4 Å². The standard InChI is InChI=1S/C16H14BrF2N3O3/c17-9-3-4-12(11(18)5-9)21-14-10(6-20-16(24)13(14)19)15(23)22-25-7-8-1-2-8/h3-6,8H,1-2,7H2,(H,22,23)(H2,20,21,24). The summed E-state index contributed by atoms with van der Waals surface area (Å²) in [5.74, 6) is -2.24. The van der Waals surface area contributed by atoms with Gasteiger partial charge in [0.05, 0.1) is 23.5 Å². The number of pyridine rings is 1. The molecule has 0 radical (unpaired) electrons. The first-order valence-electron chi connectivity index (χ1n) is 7.51. The van der Waals surface area contributed by atoms with Gasteiger partial charge in [-0.3, -0.25) is 14.4 Å². The van der Waals surface area contributed by atoms with Crippen LogP contribution in [-0.4, -0.2) is 17.5 Å². The molecule has 1 saturated carbocycles. The Morgan fingerprint density at radius 2 is 2.12 bits per heavy atom. The summed E-state index contributed by atoms with van der Waals surface area (Å²) in [6.45, 7) is 0.363. The van der Waals surface area contributed by atoms with Crippen molar-refractivity contribution in [1.29, 1.82) is 0 Å². The Kier molecular flexibility index (Phi) is 5.14. The van der Waals surface area contributed by atoms with E-state index in [-0.39, 0.29) is 11.3 Å². The Morgan fingerprint density at radius 3 is 2.80 bits per heavy atom. The van der Waals surface area contributed by atoms with Crippen molar-refractivity contribution in [3.8, 4) is 0 Å². The number of hydroxylamine groups is 1. The van der Waals surface area contributed by atoms with Crippen LogP contribution in [0.25, 0.3) is 0 Å². The van der Waals surface area contributed by atoms with Gasteiger partial charge < -0.3 is 10.3 Å². The lowest BCUT2D eigenvalue weighted by atomic mass is 10.2. The van der Waals surface area contributed by atoms with Crippen LogP contribution in [0.5, 0.6) is 0 Å². The summed E-state index contributed by atoms with van der Waals surface area (Å²) in [6.07, 6.45) is 3.12. The molecule has 132 valence electrons. The van der Waals surface area contributed by atoms with Gasteiger partial charge in [0.25, 0.3) is 11.5 Å². The van der Waals surface area contributed by atoms with Crippen molar-refractivity contribution < 1.29 is 18.4 Å². The summed E-state index contributed by atoms with van der Waals surface area (Å²) in [5, 5.41) is 2.46. The van der Waals surface area contributed by atoms with Crippen molar-refractivity contribution in [1.82, 2.24) is 10.5 Å². The molecule has 0 spiro atoms. The second-order valence-electron chi connectivity index (χ2n) is 5.66. The van der Waals surface area contributed by atoms with E-state index in [1.165, 1.54) is 18.2 Å². The minimum absolute atomic E-state index is 0.0827. The second-order valence-corrected chi connectivity index (χ2v) is 6.57. The van der Waals surface area contributed by atoms with Crippen LogP contribution in [0, 0.1) is 17.6 Å². The van der Waals surface area contributed by atoms with Crippen LogP contribution >= 0.6 is 15.9 Å². The van der Waals surface area contributed by atoms with Gasteiger partial charge >= 0.3 is 0 Å². The van der Waals surface area contributed by atoms with E-state index in [4.69, 9.17) is 4.84 Å². The number of aromatic amines is 1. The number of H-pyrrole nitrogens is 1. The van der Waals surface area contributed by atoms with Crippen molar-refractivity contribution >= 4 is 33.2 Å². The molecule has 0 aliphatic heterocycles. The van der Waals surface area contributed by atoms with Gasteiger partial charge in [-0.15, -0.1) is 0 Å². The molecule has 1 aliphatic rings. The number of rotatable bonds is 6. The Balaban J connectivity index is 1.86. The monoisotopic (exact) mass is 413 g/mol. The lowest BCUT2D eigenvalue weighted by molar-refractivity contribution is 0.0270. The Labute approximate surface area is 149 Å². The van der Waals surface area contributed by atoms with Crippen molar-refractivity contribution in [2.45, 2.75) is 12.8 Å². The predicted molar refractivity (Wildman–Crippen MR) is 90.5 cm³/mol. The summed E-state index contributed by atoms with van der Waals surface area (Å²) in [5.41, 5.74) is 0.438. The van der Waals surface area contributed by atoms with Crippen LogP contribution in [0.15, 0.2) is 33.7 Å². The van der Waals surface area contributed by atoms with Crippen molar-refractivity contribution in [2.75, 3.05) is 11.9 Å². The number of carbonyl (C=O) groups is 1. The molecule has 1 aromatic carbocycles. The van der Waals surface area contributed by atoms with E-state index in [1.54, 1.807) is 0 Å². The van der Waals surface area contributed by atoms with Crippen LogP contribution in [0.3, 0.4) is 0 Å². The number of halogens is 3. The fraction of sp³-hybridized carbons (Fsp3) is 0.250. The third-order valence-electron chi connectivity index (χ3n) is 3.65. The van der Waals surface area contributed by atoms with Gasteiger partial charge in [0.15, 0.2) is 0 Å². The van der Waals surface area contributed by atoms with Gasteiger partial charge in [0.1, 0.15) is 5.82 Å². The Morgan fingerprint density at radius 1 is 1.36 bits per heavy atom. The number of benzene rings is 1. The Hall–Kier alpha value is -2.26. The maximum Gasteiger partial charge on any atom is 0.286 e. The van der Waals surface area contributed by atoms with Crippen LogP contribution in [-0.2, 0) is 4.84 Å². The zero-order chi connectivity index (χ0) is 18.0. The quantitative estimate of drug-likeness (QED) is 0.634. The molecule has 0 bridgehead atoms. The summed E-state index contributed by atoms with van der Waals surface area (Å²) in [7, 11) is 0. The third kappa shape index (κ3) is 4.23. The SMILES string of the molecule is O=C(NOCC1CC1)c1c[nH]c(=O)c(F)c1Nc1ccc(Br)cc1F. The molecule has 1 aliphatic carbocycles. The fourth-order valence-corrected chi connectivity index (χ4v) is 2.43. The molecule has 1 amide bonds. The number of carbonyl (C=O) groups excluding carboxylic acids is 1. The number of anilines is 2. The van der Waals surface area contributed by atoms with Gasteiger partial charge in [-0.05, 0) is 37.0 Å². The summed E-state index contributed by atoms with van der Waals surface area (Å²) in [6, 6.07) is 4.06. The zero-order valence-electron chi connectivity index (χ0n) is 12.9. The van der Waals surface area contributed by atoms with E-state index in [0.29, 0.717) is 17.0 Å². The van der Waals surface area contributed by atoms with Gasteiger partial charge in [0.2, 0.25) is 5.82 Å². The summed E-state index contributed by atoms with van der Waals surface area (Å²) in [4.78, 5) is 30.9. The maximum atomic E-state index is 14.2. The molecule has 25 heavy (non-hydrogen) atoms. The van der Waals surface area contributed by atoms with Gasteiger partial charge in [-0.2, -0.15) is 4.39 Å². The van der Waals surface area contributed by atoms with E-state index >= 15 is 0 Å². The molecular weight excluding hydrogens is 400 g/mol. The molecular formula is C16H14BrF2N3O3. The molecule has 1 fully saturated rings. The predicted octanol–water partition coefficient (Wildman–Crippen LogP) is 3.23. The molecule has 2 aromatic rings. The number of hydrogen-bond donors (Lipinski definition) is 3. The topological polar surface area (TPSA) is 83.2 Å². The number of hydrogen-bond acceptors (Lipinski definition) is 4. The molecule has 1 heterocycles. The number of nitrogens with one attached hydrogen (secondary N) is 3. The number of amides is 1. The van der Waals surface area contributed by atoms with Crippen LogP contribution < -0.4 is 16.4 Å². The van der Waals surface area contributed by atoms with Gasteiger partial charge in [-0.25, -0.2) is 9.87 Å². The molecule has 0 unspecified atom stereocenters. The molecule has 0 atom stereocenters. The third-order valence-corrected chi connectivity index (χ3v) is 4.15. The average Bonchev–Trinajstić information content (AvgIpc) is 3.38. The molecule has 9 heteroatoms. The first-order chi connectivity index (χ1) is 12.0. The van der Waals surface area contributed by atoms with Crippen molar-refractivity contribution in [2.24, 2.45) is 5.92 Å². The first kappa shape index (κ1) is 17.6. The van der Waals surface area contributed by atoms with E-state index < -0.39 is 28.8 Å². The first-order valence-corrected chi connectivity index (χ1v) is 8.30. The minimum Gasteiger partial charge on any atom is -0.350 e. The highest BCUT2D eigenvalue weighted by molar-refractivity contribution is 9.10. The average molecular weight is 414 g/mol. The highest BCUT2D eigenvalue weighted by Crippen LogP contribution is 2.29. The molecule has 3 N–H and O–H groups in total. The van der Waals surface area contributed by atoms with Crippen LogP contribution in [0.2, 0.25) is 0 Å². The molecule has 0 saturated heterocycles. The van der Waals surface area contributed by atoms with Gasteiger partial charge in [0, 0.05) is 10.7 Å².